The summed E-state index contributed by atoms with van der Waals surface area (Å²) in [5.41, 5.74) is 2.65. The smallest absolute Gasteiger partial charge is 0.418 e. The van der Waals surface area contributed by atoms with E-state index in [1.165, 1.54) is 0 Å². The van der Waals surface area contributed by atoms with Gasteiger partial charge in [0, 0.05) is 23.2 Å². The Balaban J connectivity index is 1.71. The molecule has 4 rings (SSSR count). The van der Waals surface area contributed by atoms with Crippen LogP contribution in [-0.2, 0) is 11.3 Å². The number of hydrogen-bond acceptors (Lipinski definition) is 3. The molecule has 4 aromatic rings. The zero-order valence-electron chi connectivity index (χ0n) is 12.3. The second-order valence-corrected chi connectivity index (χ2v) is 5.31. The molecular weight excluding hydrogens is 288 g/mol. The Kier molecular flexibility index (Phi) is 3.27. The minimum atomic E-state index is -0.389. The Bertz CT molecular complexity index is 990. The van der Waals surface area contributed by atoms with Crippen molar-refractivity contribution in [2.24, 2.45) is 0 Å². The van der Waals surface area contributed by atoms with Gasteiger partial charge in [0.2, 0.25) is 0 Å². The Labute approximate surface area is 132 Å². The fourth-order valence-corrected chi connectivity index (χ4v) is 2.70. The van der Waals surface area contributed by atoms with Crippen molar-refractivity contribution >= 4 is 27.9 Å². The van der Waals surface area contributed by atoms with Crippen molar-refractivity contribution in [1.29, 1.82) is 0 Å². The number of para-hydroxylation sites is 1. The zero-order chi connectivity index (χ0) is 15.6. The largest absolute Gasteiger partial charge is 0.444 e. The molecule has 0 aliphatic heterocycles. The molecule has 23 heavy (non-hydrogen) atoms. The van der Waals surface area contributed by atoms with Gasteiger partial charge in [0.15, 0.2) is 0 Å². The molecule has 2 aromatic carbocycles. The van der Waals surface area contributed by atoms with Crippen LogP contribution in [0.5, 0.6) is 0 Å². The highest BCUT2D eigenvalue weighted by atomic mass is 16.5. The molecule has 112 valence electrons. The van der Waals surface area contributed by atoms with E-state index in [-0.39, 0.29) is 12.7 Å². The standard InChI is InChI=1S/C19H14N2O2/c22-19(23-13-14-6-2-1-3-7-14)21-11-10-15-12-20-17-9-5-4-8-16(17)18(15)21/h1-12H,13H2. The van der Waals surface area contributed by atoms with Gasteiger partial charge in [-0.25, -0.2) is 4.79 Å². The van der Waals surface area contributed by atoms with Crippen LogP contribution < -0.4 is 0 Å². The lowest BCUT2D eigenvalue weighted by Gasteiger charge is -2.08. The van der Waals surface area contributed by atoms with Crippen molar-refractivity contribution in [1.82, 2.24) is 9.55 Å². The molecule has 0 saturated heterocycles. The summed E-state index contributed by atoms with van der Waals surface area (Å²) < 4.78 is 6.98. The number of benzene rings is 2. The monoisotopic (exact) mass is 302 g/mol. The van der Waals surface area contributed by atoms with Gasteiger partial charge in [-0.05, 0) is 17.7 Å². The Morgan fingerprint density at radius 3 is 2.65 bits per heavy atom. The van der Waals surface area contributed by atoms with Crippen LogP contribution in [0.2, 0.25) is 0 Å². The summed E-state index contributed by atoms with van der Waals surface area (Å²) in [5, 5.41) is 1.85. The van der Waals surface area contributed by atoms with E-state index in [1.807, 2.05) is 60.7 Å². The minimum Gasteiger partial charge on any atom is -0.444 e. The predicted molar refractivity (Wildman–Crippen MR) is 89.3 cm³/mol. The van der Waals surface area contributed by atoms with Crippen LogP contribution in [0.4, 0.5) is 4.79 Å². The first-order valence-electron chi connectivity index (χ1n) is 7.39. The summed E-state index contributed by atoms with van der Waals surface area (Å²) in [5.74, 6) is 0. The average Bonchev–Trinajstić information content (AvgIpc) is 3.05. The molecule has 0 bridgehead atoms. The Hall–Kier alpha value is -3.14. The van der Waals surface area contributed by atoms with Crippen LogP contribution in [-0.4, -0.2) is 15.6 Å². The molecule has 0 atom stereocenters. The molecule has 0 N–H and O–H groups in total. The van der Waals surface area contributed by atoms with Gasteiger partial charge in [-0.15, -0.1) is 0 Å². The number of ether oxygens (including phenoxy) is 1. The average molecular weight is 302 g/mol. The number of carbonyl (C=O) groups is 1. The fourth-order valence-electron chi connectivity index (χ4n) is 2.70. The normalized spacial score (nSPS) is 11.0. The third-order valence-corrected chi connectivity index (χ3v) is 3.82. The van der Waals surface area contributed by atoms with Gasteiger partial charge in [0.25, 0.3) is 0 Å². The van der Waals surface area contributed by atoms with Crippen molar-refractivity contribution < 1.29 is 9.53 Å². The SMILES string of the molecule is O=C(OCc1ccccc1)n1ccc2cnc3ccccc3c21. The van der Waals surface area contributed by atoms with Crippen molar-refractivity contribution in [3.8, 4) is 0 Å². The summed E-state index contributed by atoms with van der Waals surface area (Å²) in [6.45, 7) is 0.252. The second-order valence-electron chi connectivity index (χ2n) is 5.31. The molecule has 4 nitrogen and oxygen atoms in total. The van der Waals surface area contributed by atoms with Gasteiger partial charge in [0.1, 0.15) is 6.61 Å². The number of fused-ring (bicyclic) bond motifs is 3. The summed E-state index contributed by atoms with van der Waals surface area (Å²) >= 11 is 0. The maximum atomic E-state index is 12.5. The minimum absolute atomic E-state index is 0.252. The van der Waals surface area contributed by atoms with E-state index in [2.05, 4.69) is 4.98 Å². The molecule has 0 spiro atoms. The summed E-state index contributed by atoms with van der Waals surface area (Å²) in [6.07, 6.45) is 3.12. The first kappa shape index (κ1) is 13.5. The zero-order valence-corrected chi connectivity index (χ0v) is 12.3. The molecular formula is C19H14N2O2. The first-order valence-corrected chi connectivity index (χ1v) is 7.39. The number of rotatable bonds is 2. The number of carbonyl (C=O) groups excluding carboxylic acids is 1. The molecule has 0 saturated carbocycles. The quantitative estimate of drug-likeness (QED) is 0.552. The second kappa shape index (κ2) is 5.57. The van der Waals surface area contributed by atoms with Gasteiger partial charge in [-0.3, -0.25) is 9.55 Å². The molecule has 2 heterocycles. The third kappa shape index (κ3) is 2.44. The van der Waals surface area contributed by atoms with Crippen molar-refractivity contribution in [2.45, 2.75) is 6.61 Å². The Morgan fingerprint density at radius 2 is 1.78 bits per heavy atom. The van der Waals surface area contributed by atoms with E-state index < -0.39 is 0 Å². The van der Waals surface area contributed by atoms with Crippen molar-refractivity contribution in [2.75, 3.05) is 0 Å². The third-order valence-electron chi connectivity index (χ3n) is 3.82. The van der Waals surface area contributed by atoms with E-state index >= 15 is 0 Å². The molecule has 2 aromatic heterocycles. The van der Waals surface area contributed by atoms with Crippen LogP contribution in [0, 0.1) is 0 Å². The van der Waals surface area contributed by atoms with Crippen LogP contribution in [0.1, 0.15) is 5.56 Å². The molecule has 0 fully saturated rings. The molecule has 0 radical (unpaired) electrons. The number of aromatic nitrogens is 2. The van der Waals surface area contributed by atoms with Crippen LogP contribution in [0.3, 0.4) is 0 Å². The molecule has 0 aliphatic carbocycles. The summed E-state index contributed by atoms with van der Waals surface area (Å²) in [6, 6.07) is 19.3. The highest BCUT2D eigenvalue weighted by molar-refractivity contribution is 6.06. The first-order chi connectivity index (χ1) is 11.3. The van der Waals surface area contributed by atoms with E-state index in [4.69, 9.17) is 4.74 Å². The van der Waals surface area contributed by atoms with E-state index in [9.17, 15) is 4.79 Å². The number of pyridine rings is 1. The molecule has 4 heteroatoms. The lowest BCUT2D eigenvalue weighted by Crippen LogP contribution is -2.12. The number of nitrogens with zero attached hydrogens (tertiary/aromatic N) is 2. The van der Waals surface area contributed by atoms with Gasteiger partial charge in [-0.2, -0.15) is 0 Å². The van der Waals surface area contributed by atoms with Gasteiger partial charge >= 0.3 is 6.09 Å². The molecule has 0 amide bonds. The maximum Gasteiger partial charge on any atom is 0.418 e. The highest BCUT2D eigenvalue weighted by Gasteiger charge is 2.13. The topological polar surface area (TPSA) is 44.1 Å². The highest BCUT2D eigenvalue weighted by Crippen LogP contribution is 2.24. The number of hydrogen-bond donors (Lipinski definition) is 0. The van der Waals surface area contributed by atoms with Crippen LogP contribution >= 0.6 is 0 Å². The van der Waals surface area contributed by atoms with Crippen LogP contribution in [0.15, 0.2) is 73.1 Å². The van der Waals surface area contributed by atoms with Crippen LogP contribution in [0.25, 0.3) is 21.8 Å². The van der Waals surface area contributed by atoms with Gasteiger partial charge in [0.05, 0.1) is 11.0 Å². The summed E-state index contributed by atoms with van der Waals surface area (Å²) in [4.78, 5) is 16.9. The maximum absolute atomic E-state index is 12.5. The van der Waals surface area contributed by atoms with E-state index in [1.54, 1.807) is 17.0 Å². The van der Waals surface area contributed by atoms with Crippen molar-refractivity contribution in [3.05, 3.63) is 78.6 Å². The fraction of sp³-hybridized carbons (Fsp3) is 0.0526. The van der Waals surface area contributed by atoms with Gasteiger partial charge < -0.3 is 4.74 Å². The van der Waals surface area contributed by atoms with Crippen molar-refractivity contribution in [3.63, 3.8) is 0 Å². The van der Waals surface area contributed by atoms with Gasteiger partial charge in [-0.1, -0.05) is 48.5 Å². The predicted octanol–water partition coefficient (Wildman–Crippen LogP) is 4.37. The lowest BCUT2D eigenvalue weighted by molar-refractivity contribution is 0.142. The van der Waals surface area contributed by atoms with E-state index in [0.29, 0.717) is 0 Å². The molecule has 0 aliphatic rings. The van der Waals surface area contributed by atoms with E-state index in [0.717, 1.165) is 27.4 Å². The molecule has 0 unspecified atom stereocenters. The Morgan fingerprint density at radius 1 is 1.00 bits per heavy atom. The summed E-state index contributed by atoms with van der Waals surface area (Å²) in [7, 11) is 0. The lowest BCUT2D eigenvalue weighted by atomic mass is 10.2.